The maximum atomic E-state index is 13.2. The quantitative estimate of drug-likeness (QED) is 0.779. The lowest BCUT2D eigenvalue weighted by atomic mass is 10.2. The van der Waals surface area contributed by atoms with Gasteiger partial charge in [-0.05, 0) is 18.6 Å². The van der Waals surface area contributed by atoms with Gasteiger partial charge in [-0.15, -0.1) is 0 Å². The van der Waals surface area contributed by atoms with Crippen molar-refractivity contribution in [2.75, 3.05) is 13.7 Å². The molecule has 0 saturated heterocycles. The molecule has 0 saturated carbocycles. The summed E-state index contributed by atoms with van der Waals surface area (Å²) in [5, 5.41) is 3.20. The minimum Gasteiger partial charge on any atom is -0.383 e. The van der Waals surface area contributed by atoms with Crippen molar-refractivity contribution in [1.29, 1.82) is 0 Å². The summed E-state index contributed by atoms with van der Waals surface area (Å²) in [6, 6.07) is 3.25. The van der Waals surface area contributed by atoms with E-state index in [2.05, 4.69) is 17.2 Å². The third kappa shape index (κ3) is 3.93. The summed E-state index contributed by atoms with van der Waals surface area (Å²) >= 11 is 0. The topological polar surface area (TPSA) is 34.1 Å². The number of ether oxygens (including phenoxy) is 1. The van der Waals surface area contributed by atoms with Gasteiger partial charge in [-0.2, -0.15) is 0 Å². The van der Waals surface area contributed by atoms with Crippen molar-refractivity contribution in [3.63, 3.8) is 0 Å². The van der Waals surface area contributed by atoms with Crippen molar-refractivity contribution >= 4 is 0 Å². The molecular formula is C11H17FN2O. The van der Waals surface area contributed by atoms with Crippen LogP contribution in [0.25, 0.3) is 0 Å². The van der Waals surface area contributed by atoms with E-state index < -0.39 is 0 Å². The van der Waals surface area contributed by atoms with E-state index in [1.54, 1.807) is 19.4 Å². The molecule has 1 aromatic rings. The van der Waals surface area contributed by atoms with E-state index in [-0.39, 0.29) is 11.9 Å². The fourth-order valence-corrected chi connectivity index (χ4v) is 1.31. The number of rotatable bonds is 6. The molecule has 0 bridgehead atoms. The van der Waals surface area contributed by atoms with Gasteiger partial charge in [0, 0.05) is 25.9 Å². The maximum absolute atomic E-state index is 13.2. The molecule has 1 heterocycles. The number of aromatic nitrogens is 1. The van der Waals surface area contributed by atoms with Gasteiger partial charge in [0.1, 0.15) is 5.82 Å². The molecule has 1 atom stereocenters. The Balaban J connectivity index is 2.45. The van der Waals surface area contributed by atoms with E-state index in [1.165, 1.54) is 6.07 Å². The molecule has 1 rings (SSSR count). The molecule has 84 valence electrons. The molecular weight excluding hydrogens is 195 g/mol. The van der Waals surface area contributed by atoms with Gasteiger partial charge in [-0.1, -0.05) is 6.92 Å². The van der Waals surface area contributed by atoms with Crippen LogP contribution >= 0.6 is 0 Å². The van der Waals surface area contributed by atoms with Crippen molar-refractivity contribution in [3.8, 4) is 0 Å². The highest BCUT2D eigenvalue weighted by Crippen LogP contribution is 2.03. The Bertz CT molecular complexity index is 294. The summed E-state index contributed by atoms with van der Waals surface area (Å²) in [5.41, 5.74) is 0.451. The predicted molar refractivity (Wildman–Crippen MR) is 57.0 cm³/mol. The monoisotopic (exact) mass is 212 g/mol. The van der Waals surface area contributed by atoms with Crippen LogP contribution in [0.4, 0.5) is 4.39 Å². The van der Waals surface area contributed by atoms with Crippen LogP contribution in [0.5, 0.6) is 0 Å². The summed E-state index contributed by atoms with van der Waals surface area (Å²) in [5.74, 6) is -0.266. The van der Waals surface area contributed by atoms with Crippen LogP contribution in [0.1, 0.15) is 19.0 Å². The molecule has 4 heteroatoms. The van der Waals surface area contributed by atoms with Gasteiger partial charge in [0.05, 0.1) is 12.3 Å². The molecule has 3 nitrogen and oxygen atoms in total. The van der Waals surface area contributed by atoms with E-state index in [9.17, 15) is 4.39 Å². The Labute approximate surface area is 89.7 Å². The second kappa shape index (κ2) is 6.48. The molecule has 15 heavy (non-hydrogen) atoms. The number of hydrogen-bond acceptors (Lipinski definition) is 3. The third-order valence-electron chi connectivity index (χ3n) is 2.25. The lowest BCUT2D eigenvalue weighted by Crippen LogP contribution is -2.32. The molecule has 1 unspecified atom stereocenters. The zero-order valence-electron chi connectivity index (χ0n) is 9.16. The third-order valence-corrected chi connectivity index (χ3v) is 2.25. The van der Waals surface area contributed by atoms with Gasteiger partial charge >= 0.3 is 0 Å². The van der Waals surface area contributed by atoms with E-state index >= 15 is 0 Å². The van der Waals surface area contributed by atoms with Gasteiger partial charge in [-0.3, -0.25) is 4.98 Å². The minimum atomic E-state index is -0.266. The maximum Gasteiger partial charge on any atom is 0.146 e. The first-order valence-corrected chi connectivity index (χ1v) is 5.09. The van der Waals surface area contributed by atoms with Gasteiger partial charge in [0.15, 0.2) is 0 Å². The summed E-state index contributed by atoms with van der Waals surface area (Å²) in [4.78, 5) is 3.97. The van der Waals surface area contributed by atoms with Gasteiger partial charge in [0.25, 0.3) is 0 Å². The highest BCUT2D eigenvalue weighted by molar-refractivity contribution is 5.06. The SMILES string of the molecule is CCC(COC)NCc1ncccc1F. The van der Waals surface area contributed by atoms with Gasteiger partial charge in [-0.25, -0.2) is 4.39 Å². The van der Waals surface area contributed by atoms with E-state index in [1.807, 2.05) is 0 Å². The van der Waals surface area contributed by atoms with E-state index in [0.717, 1.165) is 6.42 Å². The highest BCUT2D eigenvalue weighted by Gasteiger charge is 2.07. The fourth-order valence-electron chi connectivity index (χ4n) is 1.31. The average molecular weight is 212 g/mol. The zero-order valence-corrected chi connectivity index (χ0v) is 9.16. The molecule has 0 aromatic carbocycles. The Kier molecular flexibility index (Phi) is 5.21. The normalized spacial score (nSPS) is 12.7. The van der Waals surface area contributed by atoms with E-state index in [4.69, 9.17) is 4.74 Å². The van der Waals surface area contributed by atoms with Crippen LogP contribution in [-0.2, 0) is 11.3 Å². The van der Waals surface area contributed by atoms with Crippen LogP contribution in [0.3, 0.4) is 0 Å². The molecule has 0 spiro atoms. The Hall–Kier alpha value is -1.00. The summed E-state index contributed by atoms with van der Waals surface area (Å²) < 4.78 is 18.2. The molecule has 1 N–H and O–H groups in total. The predicted octanol–water partition coefficient (Wildman–Crippen LogP) is 1.74. The second-order valence-corrected chi connectivity index (χ2v) is 3.37. The number of hydrogen-bond donors (Lipinski definition) is 1. The summed E-state index contributed by atoms with van der Waals surface area (Å²) in [6.45, 7) is 3.13. The smallest absolute Gasteiger partial charge is 0.146 e. The van der Waals surface area contributed by atoms with Crippen molar-refractivity contribution in [2.24, 2.45) is 0 Å². The van der Waals surface area contributed by atoms with E-state index in [0.29, 0.717) is 18.8 Å². The number of halogens is 1. The Morgan fingerprint density at radius 1 is 1.60 bits per heavy atom. The van der Waals surface area contributed by atoms with Crippen LogP contribution in [0, 0.1) is 5.82 Å². The van der Waals surface area contributed by atoms with Crippen LogP contribution in [0.15, 0.2) is 18.3 Å². The average Bonchev–Trinajstić information content (AvgIpc) is 2.26. The van der Waals surface area contributed by atoms with Crippen LogP contribution in [0.2, 0.25) is 0 Å². The molecule has 0 aliphatic carbocycles. The molecule has 0 fully saturated rings. The minimum absolute atomic E-state index is 0.247. The molecule has 0 amide bonds. The number of pyridine rings is 1. The first kappa shape index (κ1) is 12.1. The molecule has 0 aliphatic rings. The molecule has 0 aliphatic heterocycles. The molecule has 0 radical (unpaired) electrons. The number of nitrogens with zero attached hydrogens (tertiary/aromatic N) is 1. The zero-order chi connectivity index (χ0) is 11.1. The standard InChI is InChI=1S/C11H17FN2O/c1-3-9(8-15-2)14-7-11-10(12)5-4-6-13-11/h4-6,9,14H,3,7-8H2,1-2H3. The molecule has 1 aromatic heterocycles. The van der Waals surface area contributed by atoms with Crippen molar-refractivity contribution in [1.82, 2.24) is 10.3 Å². The van der Waals surface area contributed by atoms with Crippen molar-refractivity contribution in [3.05, 3.63) is 29.8 Å². The van der Waals surface area contributed by atoms with Crippen molar-refractivity contribution < 1.29 is 9.13 Å². The highest BCUT2D eigenvalue weighted by atomic mass is 19.1. The largest absolute Gasteiger partial charge is 0.383 e. The summed E-state index contributed by atoms with van der Waals surface area (Å²) in [7, 11) is 1.66. The Morgan fingerprint density at radius 2 is 2.40 bits per heavy atom. The first-order chi connectivity index (χ1) is 7.27. The lowest BCUT2D eigenvalue weighted by molar-refractivity contribution is 0.163. The lowest BCUT2D eigenvalue weighted by Gasteiger charge is -2.15. The Morgan fingerprint density at radius 3 is 3.00 bits per heavy atom. The number of methoxy groups -OCH3 is 1. The first-order valence-electron chi connectivity index (χ1n) is 5.09. The second-order valence-electron chi connectivity index (χ2n) is 3.37. The van der Waals surface area contributed by atoms with Gasteiger partial charge in [0.2, 0.25) is 0 Å². The van der Waals surface area contributed by atoms with Crippen LogP contribution < -0.4 is 5.32 Å². The van der Waals surface area contributed by atoms with Crippen molar-refractivity contribution in [2.45, 2.75) is 25.9 Å². The number of nitrogens with one attached hydrogen (secondary N) is 1. The van der Waals surface area contributed by atoms with Gasteiger partial charge < -0.3 is 10.1 Å². The fraction of sp³-hybridized carbons (Fsp3) is 0.545. The van der Waals surface area contributed by atoms with Crippen LogP contribution in [-0.4, -0.2) is 24.7 Å². The summed E-state index contributed by atoms with van der Waals surface area (Å²) in [6.07, 6.45) is 2.54.